The highest BCUT2D eigenvalue weighted by Crippen LogP contribution is 2.26. The zero-order valence-corrected chi connectivity index (χ0v) is 19.9. The molecule has 0 saturated carbocycles. The van der Waals surface area contributed by atoms with E-state index in [0.717, 1.165) is 25.9 Å². The number of nitrogens with zero attached hydrogens (tertiary/aromatic N) is 3. The van der Waals surface area contributed by atoms with Crippen LogP contribution in [0.4, 0.5) is 18.9 Å². The molecule has 0 aliphatic carbocycles. The summed E-state index contributed by atoms with van der Waals surface area (Å²) >= 11 is 0. The predicted octanol–water partition coefficient (Wildman–Crippen LogP) is 2.29. The fourth-order valence-corrected chi connectivity index (χ4v) is 3.65. The quantitative estimate of drug-likeness (QED) is 0.426. The van der Waals surface area contributed by atoms with Gasteiger partial charge in [-0.1, -0.05) is 0 Å². The largest absolute Gasteiger partial charge is 0.573 e. The Hall–Kier alpha value is -2.90. The molecule has 1 aromatic carbocycles. The predicted molar refractivity (Wildman–Crippen MR) is 124 cm³/mol. The van der Waals surface area contributed by atoms with Gasteiger partial charge in [-0.2, -0.15) is 5.10 Å². The number of nitrogens with one attached hydrogen (secondary N) is 1. The Morgan fingerprint density at radius 3 is 2.19 bits per heavy atom. The monoisotopic (exact) mass is 516 g/mol. The fraction of sp³-hybridized carbons (Fsp3) is 0.609. The second-order valence-corrected chi connectivity index (χ2v) is 8.17. The Balaban J connectivity index is 1.22. The first-order valence-corrected chi connectivity index (χ1v) is 11.8. The summed E-state index contributed by atoms with van der Waals surface area (Å²) in [6, 6.07) is 5.31. The molecule has 10 nitrogen and oxygen atoms in total. The van der Waals surface area contributed by atoms with E-state index in [2.05, 4.69) is 15.2 Å². The maximum atomic E-state index is 12.3. The van der Waals surface area contributed by atoms with Crippen LogP contribution in [-0.4, -0.2) is 88.2 Å². The minimum atomic E-state index is -4.75. The Bertz CT molecular complexity index is 876. The maximum absolute atomic E-state index is 12.3. The third kappa shape index (κ3) is 9.99. The van der Waals surface area contributed by atoms with Gasteiger partial charge in [-0.25, -0.2) is 0 Å². The first kappa shape index (κ1) is 27.7. The molecule has 2 amide bonds. The molecule has 0 bridgehead atoms. The third-order valence-corrected chi connectivity index (χ3v) is 5.37. The van der Waals surface area contributed by atoms with Crippen molar-refractivity contribution in [3.63, 3.8) is 0 Å². The van der Waals surface area contributed by atoms with E-state index in [0.29, 0.717) is 37.7 Å². The van der Waals surface area contributed by atoms with Crippen LogP contribution in [0.5, 0.6) is 5.75 Å². The smallest absolute Gasteiger partial charge is 0.406 e. The van der Waals surface area contributed by atoms with E-state index < -0.39 is 6.36 Å². The van der Waals surface area contributed by atoms with E-state index in [1.807, 2.05) is 4.90 Å². The summed E-state index contributed by atoms with van der Waals surface area (Å²) in [5.74, 6) is -0.247. The lowest BCUT2D eigenvalue weighted by atomic mass is 10.1. The highest BCUT2D eigenvalue weighted by molar-refractivity contribution is 6.00. The number of hydrazone groups is 1. The fourth-order valence-electron chi connectivity index (χ4n) is 3.65. The van der Waals surface area contributed by atoms with Gasteiger partial charge >= 0.3 is 6.36 Å². The molecule has 2 heterocycles. The summed E-state index contributed by atoms with van der Waals surface area (Å²) in [6.07, 6.45) is -1.03. The molecule has 3 rings (SSSR count). The highest BCUT2D eigenvalue weighted by atomic mass is 19.4. The zero-order chi connectivity index (χ0) is 25.8. The van der Waals surface area contributed by atoms with Gasteiger partial charge in [-0.05, 0) is 43.5 Å². The van der Waals surface area contributed by atoms with Crippen molar-refractivity contribution < 1.29 is 41.7 Å². The van der Waals surface area contributed by atoms with Crippen LogP contribution in [0.2, 0.25) is 0 Å². The molecule has 0 spiro atoms. The number of hydrogen-bond acceptors (Lipinski definition) is 8. The highest BCUT2D eigenvalue weighted by Gasteiger charge is 2.31. The lowest BCUT2D eigenvalue weighted by Gasteiger charge is -2.26. The summed E-state index contributed by atoms with van der Waals surface area (Å²) in [6.45, 7) is 3.06. The van der Waals surface area contributed by atoms with Crippen molar-refractivity contribution in [3.05, 3.63) is 24.3 Å². The minimum Gasteiger partial charge on any atom is -0.406 e. The Morgan fingerprint density at radius 2 is 1.53 bits per heavy atom. The third-order valence-electron chi connectivity index (χ3n) is 5.37. The van der Waals surface area contributed by atoms with Gasteiger partial charge in [0.25, 0.3) is 5.91 Å². The molecule has 0 atom stereocenters. The van der Waals surface area contributed by atoms with Crippen LogP contribution in [0.1, 0.15) is 25.7 Å². The molecule has 0 unspecified atom stereocenters. The first-order chi connectivity index (χ1) is 17.3. The Labute approximate surface area is 207 Å². The molecule has 200 valence electrons. The Kier molecular flexibility index (Phi) is 10.8. The van der Waals surface area contributed by atoms with E-state index >= 15 is 0 Å². The molecule has 36 heavy (non-hydrogen) atoms. The van der Waals surface area contributed by atoms with E-state index in [9.17, 15) is 22.8 Å². The normalized spacial score (nSPS) is 16.1. The van der Waals surface area contributed by atoms with Crippen LogP contribution in [0.15, 0.2) is 29.4 Å². The van der Waals surface area contributed by atoms with Crippen molar-refractivity contribution in [3.8, 4) is 5.75 Å². The number of likely N-dealkylation sites (tertiary alicyclic amines) is 1. The summed E-state index contributed by atoms with van der Waals surface area (Å²) in [5, 5.41) is 8.49. The lowest BCUT2D eigenvalue weighted by molar-refractivity contribution is -0.274. The van der Waals surface area contributed by atoms with Gasteiger partial charge in [0.1, 0.15) is 24.8 Å². The molecule has 1 aromatic rings. The van der Waals surface area contributed by atoms with E-state index in [1.165, 1.54) is 30.7 Å². The average Bonchev–Trinajstić information content (AvgIpc) is 3.31. The number of carbonyl (C=O) groups excluding carboxylic acids is 2. The van der Waals surface area contributed by atoms with Crippen molar-refractivity contribution >= 4 is 23.3 Å². The number of anilines is 1. The summed E-state index contributed by atoms with van der Waals surface area (Å²) < 4.78 is 56.6. The second-order valence-electron chi connectivity index (χ2n) is 8.17. The second kappa shape index (κ2) is 14.0. The van der Waals surface area contributed by atoms with Gasteiger partial charge in [-0.15, -0.1) is 13.2 Å². The number of piperidine rings is 1. The van der Waals surface area contributed by atoms with Crippen LogP contribution in [-0.2, 0) is 23.8 Å². The molecular weight excluding hydrogens is 485 g/mol. The summed E-state index contributed by atoms with van der Waals surface area (Å²) in [7, 11) is 0. The topological polar surface area (TPSA) is 102 Å². The average molecular weight is 517 g/mol. The number of hydrogen-bond donors (Lipinski definition) is 1. The van der Waals surface area contributed by atoms with Crippen molar-refractivity contribution in [2.24, 2.45) is 5.10 Å². The van der Waals surface area contributed by atoms with Gasteiger partial charge in [0.15, 0.2) is 0 Å². The van der Waals surface area contributed by atoms with Gasteiger partial charge in [-0.3, -0.25) is 14.6 Å². The number of benzene rings is 1. The van der Waals surface area contributed by atoms with Crippen LogP contribution >= 0.6 is 0 Å². The zero-order valence-electron chi connectivity index (χ0n) is 19.9. The number of ether oxygens (including phenoxy) is 4. The molecule has 2 aliphatic rings. The molecule has 1 N–H and O–H groups in total. The number of carbonyl (C=O) groups is 2. The summed E-state index contributed by atoms with van der Waals surface area (Å²) in [4.78, 5) is 25.8. The molecule has 2 aliphatic heterocycles. The summed E-state index contributed by atoms with van der Waals surface area (Å²) in [5.41, 5.74) is 0.571. The van der Waals surface area contributed by atoms with Gasteiger partial charge in [0.05, 0.1) is 32.1 Å². The van der Waals surface area contributed by atoms with Gasteiger partial charge < -0.3 is 29.2 Å². The molecule has 13 heteroatoms. The standard InChI is InChI=1S/C23H31F3N4O6/c24-23(25,26)36-19-6-4-18(5-7-19)30-11-8-20(28-30)27-21(31)16-34-14-12-33-13-15-35-17-22(32)29-9-2-1-3-10-29/h4-7H,1-3,8-17H2,(H,27,28,31). The molecule has 0 aromatic heterocycles. The van der Waals surface area contributed by atoms with Crippen LogP contribution < -0.4 is 15.1 Å². The Morgan fingerprint density at radius 1 is 0.889 bits per heavy atom. The number of amides is 2. The van der Waals surface area contributed by atoms with Crippen molar-refractivity contribution in [1.82, 2.24) is 10.2 Å². The number of rotatable bonds is 12. The number of alkyl halides is 3. The molecule has 1 saturated heterocycles. The van der Waals surface area contributed by atoms with Crippen molar-refractivity contribution in [2.45, 2.75) is 32.0 Å². The maximum Gasteiger partial charge on any atom is 0.573 e. The van der Waals surface area contributed by atoms with Crippen molar-refractivity contribution in [1.29, 1.82) is 0 Å². The van der Waals surface area contributed by atoms with E-state index in [1.54, 1.807) is 5.01 Å². The van der Waals surface area contributed by atoms with Gasteiger partial charge in [0.2, 0.25) is 5.91 Å². The molecule has 1 fully saturated rings. The van der Waals surface area contributed by atoms with Crippen LogP contribution in [0, 0.1) is 0 Å². The molecule has 0 radical (unpaired) electrons. The number of amidine groups is 1. The van der Waals surface area contributed by atoms with Crippen molar-refractivity contribution in [2.75, 3.05) is 64.3 Å². The first-order valence-electron chi connectivity index (χ1n) is 11.8. The molecular formula is C23H31F3N4O6. The van der Waals surface area contributed by atoms with Crippen LogP contribution in [0.25, 0.3) is 0 Å². The number of halogens is 3. The lowest BCUT2D eigenvalue weighted by Crippen LogP contribution is -2.38. The van der Waals surface area contributed by atoms with Gasteiger partial charge in [0, 0.05) is 26.1 Å². The van der Waals surface area contributed by atoms with E-state index in [-0.39, 0.29) is 44.0 Å². The van der Waals surface area contributed by atoms with Crippen LogP contribution in [0.3, 0.4) is 0 Å². The SMILES string of the molecule is O=C(COCCOCCOCC(=O)N1CCCCC1)NC1=NN(c2ccc(OC(F)(F)F)cc2)CC1. The van der Waals surface area contributed by atoms with E-state index in [4.69, 9.17) is 14.2 Å². The minimum absolute atomic E-state index is 0.00692.